The van der Waals surface area contributed by atoms with Crippen molar-refractivity contribution in [2.24, 2.45) is 0 Å². The van der Waals surface area contributed by atoms with Crippen LogP contribution in [0, 0.1) is 6.92 Å². The highest BCUT2D eigenvalue weighted by molar-refractivity contribution is 9.10. The maximum atomic E-state index is 4.23. The Kier molecular flexibility index (Phi) is 1.42. The first-order valence-electron chi connectivity index (χ1n) is 3.23. The molecule has 4 heteroatoms. The van der Waals surface area contributed by atoms with Gasteiger partial charge in [0.05, 0.1) is 5.69 Å². The summed E-state index contributed by atoms with van der Waals surface area (Å²) in [6.45, 7) is 1.94. The fourth-order valence-corrected chi connectivity index (χ4v) is 1.41. The van der Waals surface area contributed by atoms with E-state index in [1.54, 1.807) is 6.20 Å². The van der Waals surface area contributed by atoms with E-state index in [2.05, 4.69) is 25.9 Å². The number of aryl methyl sites for hydroxylation is 1. The average Bonchev–Trinajstić information content (AvgIpc) is 2.31. The Hall–Kier alpha value is -0.900. The average molecular weight is 212 g/mol. The number of aromatic nitrogens is 3. The first kappa shape index (κ1) is 6.79. The Morgan fingerprint density at radius 3 is 3.09 bits per heavy atom. The highest BCUT2D eigenvalue weighted by Gasteiger charge is 2.00. The molecule has 0 N–H and O–H groups in total. The molecule has 0 aliphatic rings. The molecule has 11 heavy (non-hydrogen) atoms. The molecule has 0 spiro atoms. The zero-order valence-electron chi connectivity index (χ0n) is 5.95. The van der Waals surface area contributed by atoms with Gasteiger partial charge in [-0.1, -0.05) is 0 Å². The van der Waals surface area contributed by atoms with Crippen LogP contribution >= 0.6 is 15.9 Å². The van der Waals surface area contributed by atoms with Crippen LogP contribution in [0.4, 0.5) is 0 Å². The summed E-state index contributed by atoms with van der Waals surface area (Å²) < 4.78 is 2.78. The Bertz CT molecular complexity index is 393. The van der Waals surface area contributed by atoms with Gasteiger partial charge in [0, 0.05) is 18.6 Å². The van der Waals surface area contributed by atoms with Crippen LogP contribution in [0.5, 0.6) is 0 Å². The van der Waals surface area contributed by atoms with Gasteiger partial charge in [0.1, 0.15) is 4.60 Å². The Labute approximate surface area is 72.2 Å². The third-order valence-corrected chi connectivity index (χ3v) is 1.90. The molecule has 0 radical (unpaired) electrons. The third kappa shape index (κ3) is 1.03. The second-order valence-electron chi connectivity index (χ2n) is 2.31. The minimum atomic E-state index is 0.841. The minimum Gasteiger partial charge on any atom is -0.303 e. The lowest BCUT2D eigenvalue weighted by Crippen LogP contribution is -1.88. The fourth-order valence-electron chi connectivity index (χ4n) is 1.02. The summed E-state index contributed by atoms with van der Waals surface area (Å²) in [5.74, 6) is 0. The SMILES string of the molecule is Cc1nccn2cc(Br)nc12. The van der Waals surface area contributed by atoms with E-state index in [1.165, 1.54) is 0 Å². The van der Waals surface area contributed by atoms with Gasteiger partial charge in [0.25, 0.3) is 0 Å². The number of rotatable bonds is 0. The number of hydrogen-bond donors (Lipinski definition) is 0. The molecule has 2 aromatic heterocycles. The summed E-state index contributed by atoms with van der Waals surface area (Å²) in [5.41, 5.74) is 1.84. The summed E-state index contributed by atoms with van der Waals surface area (Å²) in [6.07, 6.45) is 5.54. The molecule has 0 saturated heterocycles. The number of halogens is 1. The molecule has 2 heterocycles. The van der Waals surface area contributed by atoms with E-state index < -0.39 is 0 Å². The summed E-state index contributed by atoms with van der Waals surface area (Å²) in [6, 6.07) is 0. The maximum Gasteiger partial charge on any atom is 0.159 e. The minimum absolute atomic E-state index is 0.841. The third-order valence-electron chi connectivity index (χ3n) is 1.52. The zero-order chi connectivity index (χ0) is 7.84. The first-order chi connectivity index (χ1) is 5.27. The fraction of sp³-hybridized carbons (Fsp3) is 0.143. The number of imidazole rings is 1. The van der Waals surface area contributed by atoms with Gasteiger partial charge in [0.2, 0.25) is 0 Å². The van der Waals surface area contributed by atoms with E-state index in [0.29, 0.717) is 0 Å². The molecule has 0 saturated carbocycles. The molecule has 3 nitrogen and oxygen atoms in total. The summed E-state index contributed by atoms with van der Waals surface area (Å²) >= 11 is 3.30. The van der Waals surface area contributed by atoms with E-state index in [-0.39, 0.29) is 0 Å². The van der Waals surface area contributed by atoms with E-state index in [4.69, 9.17) is 0 Å². The van der Waals surface area contributed by atoms with Gasteiger partial charge in [-0.3, -0.25) is 4.98 Å². The molecule has 0 amide bonds. The van der Waals surface area contributed by atoms with Crippen LogP contribution in [0.2, 0.25) is 0 Å². The second kappa shape index (κ2) is 2.30. The van der Waals surface area contributed by atoms with Gasteiger partial charge >= 0.3 is 0 Å². The van der Waals surface area contributed by atoms with Crippen molar-refractivity contribution in [1.82, 2.24) is 14.4 Å². The molecule has 0 atom stereocenters. The first-order valence-corrected chi connectivity index (χ1v) is 4.02. The van der Waals surface area contributed by atoms with E-state index in [1.807, 2.05) is 23.7 Å². The van der Waals surface area contributed by atoms with Crippen LogP contribution in [-0.2, 0) is 0 Å². The van der Waals surface area contributed by atoms with E-state index >= 15 is 0 Å². The van der Waals surface area contributed by atoms with Crippen molar-refractivity contribution in [1.29, 1.82) is 0 Å². The number of nitrogens with zero attached hydrogens (tertiary/aromatic N) is 3. The molecule has 0 fully saturated rings. The molecular weight excluding hydrogens is 206 g/mol. The Morgan fingerprint density at radius 2 is 2.36 bits per heavy atom. The van der Waals surface area contributed by atoms with Gasteiger partial charge in [-0.05, 0) is 22.9 Å². The number of fused-ring (bicyclic) bond motifs is 1. The van der Waals surface area contributed by atoms with Crippen molar-refractivity contribution >= 4 is 21.6 Å². The topological polar surface area (TPSA) is 30.2 Å². The van der Waals surface area contributed by atoms with Gasteiger partial charge < -0.3 is 4.40 Å². The van der Waals surface area contributed by atoms with Crippen LogP contribution in [0.3, 0.4) is 0 Å². The maximum absolute atomic E-state index is 4.23. The van der Waals surface area contributed by atoms with Crippen molar-refractivity contribution in [2.75, 3.05) is 0 Å². The van der Waals surface area contributed by atoms with Crippen molar-refractivity contribution in [3.63, 3.8) is 0 Å². The quantitative estimate of drug-likeness (QED) is 0.666. The van der Waals surface area contributed by atoms with Crippen molar-refractivity contribution in [3.8, 4) is 0 Å². The van der Waals surface area contributed by atoms with Gasteiger partial charge in [-0.2, -0.15) is 0 Å². The highest BCUT2D eigenvalue weighted by atomic mass is 79.9. The standard InChI is InChI=1S/C7H6BrN3/c1-5-7-10-6(8)4-11(7)3-2-9-5/h2-4H,1H3. The van der Waals surface area contributed by atoms with E-state index in [0.717, 1.165) is 15.9 Å². The van der Waals surface area contributed by atoms with Crippen LogP contribution in [0.15, 0.2) is 23.2 Å². The smallest absolute Gasteiger partial charge is 0.159 e. The normalized spacial score (nSPS) is 10.7. The lowest BCUT2D eigenvalue weighted by atomic mass is 10.5. The molecule has 0 aliphatic carbocycles. The van der Waals surface area contributed by atoms with Crippen LogP contribution in [0.25, 0.3) is 5.65 Å². The molecule has 2 aromatic rings. The van der Waals surface area contributed by atoms with Crippen molar-refractivity contribution in [2.45, 2.75) is 6.92 Å². The lowest BCUT2D eigenvalue weighted by molar-refractivity contribution is 1.08. The Morgan fingerprint density at radius 1 is 1.55 bits per heavy atom. The molecular formula is C7H6BrN3. The van der Waals surface area contributed by atoms with Crippen LogP contribution in [-0.4, -0.2) is 14.4 Å². The molecule has 0 unspecified atom stereocenters. The van der Waals surface area contributed by atoms with Crippen LogP contribution < -0.4 is 0 Å². The Balaban J connectivity index is 2.90. The number of hydrogen-bond acceptors (Lipinski definition) is 2. The summed E-state index contributed by atoms with van der Waals surface area (Å²) in [5, 5.41) is 0. The molecule has 56 valence electrons. The molecule has 2 rings (SSSR count). The summed E-state index contributed by atoms with van der Waals surface area (Å²) in [7, 11) is 0. The summed E-state index contributed by atoms with van der Waals surface area (Å²) in [4.78, 5) is 8.35. The van der Waals surface area contributed by atoms with Crippen molar-refractivity contribution < 1.29 is 0 Å². The van der Waals surface area contributed by atoms with Gasteiger partial charge in [-0.15, -0.1) is 0 Å². The highest BCUT2D eigenvalue weighted by Crippen LogP contribution is 2.11. The van der Waals surface area contributed by atoms with Gasteiger partial charge in [-0.25, -0.2) is 4.98 Å². The van der Waals surface area contributed by atoms with Crippen molar-refractivity contribution in [3.05, 3.63) is 28.9 Å². The lowest BCUT2D eigenvalue weighted by Gasteiger charge is -1.92. The second-order valence-corrected chi connectivity index (χ2v) is 3.12. The largest absolute Gasteiger partial charge is 0.303 e. The zero-order valence-corrected chi connectivity index (χ0v) is 7.54. The molecule has 0 bridgehead atoms. The molecule has 0 aliphatic heterocycles. The molecule has 0 aromatic carbocycles. The predicted molar refractivity (Wildman–Crippen MR) is 45.4 cm³/mol. The predicted octanol–water partition coefficient (Wildman–Crippen LogP) is 1.80. The van der Waals surface area contributed by atoms with Gasteiger partial charge in [0.15, 0.2) is 5.65 Å². The van der Waals surface area contributed by atoms with E-state index in [9.17, 15) is 0 Å². The monoisotopic (exact) mass is 211 g/mol. The van der Waals surface area contributed by atoms with Crippen LogP contribution in [0.1, 0.15) is 5.69 Å².